The SMILES string of the molecule is COc1ccccc1C(C)CC(=O)NC(C)(CN)CC(C)C.Cl. The van der Waals surface area contributed by atoms with Crippen LogP contribution in [0.5, 0.6) is 5.75 Å². The second-order valence-corrected chi connectivity index (χ2v) is 6.76. The van der Waals surface area contributed by atoms with Gasteiger partial charge in [-0.2, -0.15) is 0 Å². The Bertz CT molecular complexity index is 494. The molecule has 1 aromatic carbocycles. The highest BCUT2D eigenvalue weighted by atomic mass is 35.5. The fourth-order valence-corrected chi connectivity index (χ4v) is 2.94. The number of rotatable bonds is 8. The van der Waals surface area contributed by atoms with Gasteiger partial charge in [-0.15, -0.1) is 12.4 Å². The van der Waals surface area contributed by atoms with Gasteiger partial charge in [0.1, 0.15) is 5.75 Å². The molecule has 0 saturated heterocycles. The van der Waals surface area contributed by atoms with Crippen molar-refractivity contribution >= 4 is 18.3 Å². The molecular formula is C18H31ClN2O2. The number of carbonyl (C=O) groups is 1. The lowest BCUT2D eigenvalue weighted by Crippen LogP contribution is -2.52. The van der Waals surface area contributed by atoms with E-state index in [-0.39, 0.29) is 29.8 Å². The van der Waals surface area contributed by atoms with Gasteiger partial charge in [0.15, 0.2) is 0 Å². The molecule has 0 saturated carbocycles. The molecule has 1 amide bonds. The van der Waals surface area contributed by atoms with Crippen LogP contribution in [0.1, 0.15) is 52.0 Å². The summed E-state index contributed by atoms with van der Waals surface area (Å²) in [6.45, 7) is 8.77. The Morgan fingerprint density at radius 3 is 2.43 bits per heavy atom. The highest BCUT2D eigenvalue weighted by Crippen LogP contribution is 2.28. The predicted molar refractivity (Wildman–Crippen MR) is 98.3 cm³/mol. The summed E-state index contributed by atoms with van der Waals surface area (Å²) >= 11 is 0. The maximum Gasteiger partial charge on any atom is 0.221 e. The van der Waals surface area contributed by atoms with Crippen molar-refractivity contribution in [1.82, 2.24) is 5.32 Å². The van der Waals surface area contributed by atoms with E-state index in [4.69, 9.17) is 10.5 Å². The topological polar surface area (TPSA) is 64.3 Å². The highest BCUT2D eigenvalue weighted by Gasteiger charge is 2.26. The van der Waals surface area contributed by atoms with Crippen molar-refractivity contribution in [1.29, 1.82) is 0 Å². The smallest absolute Gasteiger partial charge is 0.221 e. The van der Waals surface area contributed by atoms with Gasteiger partial charge in [0.2, 0.25) is 5.91 Å². The first-order valence-corrected chi connectivity index (χ1v) is 7.95. The van der Waals surface area contributed by atoms with Crippen LogP contribution in [-0.2, 0) is 4.79 Å². The number of nitrogens with one attached hydrogen (secondary N) is 1. The zero-order valence-electron chi connectivity index (χ0n) is 14.9. The number of benzene rings is 1. The summed E-state index contributed by atoms with van der Waals surface area (Å²) in [7, 11) is 1.65. The molecule has 3 N–H and O–H groups in total. The summed E-state index contributed by atoms with van der Waals surface area (Å²) < 4.78 is 5.37. The van der Waals surface area contributed by atoms with Crippen LogP contribution < -0.4 is 15.8 Å². The predicted octanol–water partition coefficient (Wildman–Crippen LogP) is 3.49. The number of halogens is 1. The summed E-state index contributed by atoms with van der Waals surface area (Å²) in [5, 5.41) is 3.11. The average Bonchev–Trinajstić information content (AvgIpc) is 2.45. The Morgan fingerprint density at radius 2 is 1.91 bits per heavy atom. The lowest BCUT2D eigenvalue weighted by Gasteiger charge is -2.31. The van der Waals surface area contributed by atoms with E-state index >= 15 is 0 Å². The third-order valence-corrected chi connectivity index (χ3v) is 3.91. The summed E-state index contributed by atoms with van der Waals surface area (Å²) in [6, 6.07) is 7.83. The second-order valence-electron chi connectivity index (χ2n) is 6.76. The quantitative estimate of drug-likeness (QED) is 0.760. The van der Waals surface area contributed by atoms with E-state index < -0.39 is 0 Å². The number of amides is 1. The second kappa shape index (κ2) is 9.78. The van der Waals surface area contributed by atoms with Crippen LogP contribution in [0, 0.1) is 5.92 Å². The molecule has 2 atom stereocenters. The van der Waals surface area contributed by atoms with E-state index in [1.807, 2.05) is 38.1 Å². The van der Waals surface area contributed by atoms with E-state index in [0.717, 1.165) is 17.7 Å². The van der Waals surface area contributed by atoms with Crippen molar-refractivity contribution in [2.24, 2.45) is 11.7 Å². The maximum atomic E-state index is 12.4. The zero-order valence-corrected chi connectivity index (χ0v) is 15.7. The minimum absolute atomic E-state index is 0. The molecule has 1 aromatic rings. The number of para-hydroxylation sites is 1. The van der Waals surface area contributed by atoms with E-state index in [2.05, 4.69) is 19.2 Å². The summed E-state index contributed by atoms with van der Waals surface area (Å²) in [5.41, 5.74) is 6.57. The first kappa shape index (κ1) is 21.7. The third kappa shape index (κ3) is 6.80. The van der Waals surface area contributed by atoms with Crippen LogP contribution >= 0.6 is 12.4 Å². The molecule has 0 aliphatic heterocycles. The summed E-state index contributed by atoms with van der Waals surface area (Å²) in [5.74, 6) is 1.44. The van der Waals surface area contributed by atoms with Crippen LogP contribution in [0.25, 0.3) is 0 Å². The lowest BCUT2D eigenvalue weighted by atomic mass is 9.89. The number of methoxy groups -OCH3 is 1. The van der Waals surface area contributed by atoms with E-state index in [1.165, 1.54) is 0 Å². The average molecular weight is 343 g/mol. The van der Waals surface area contributed by atoms with Gasteiger partial charge >= 0.3 is 0 Å². The van der Waals surface area contributed by atoms with Gasteiger partial charge in [-0.1, -0.05) is 39.0 Å². The van der Waals surface area contributed by atoms with Crippen molar-refractivity contribution in [2.45, 2.75) is 52.0 Å². The molecule has 0 heterocycles. The van der Waals surface area contributed by atoms with Crippen LogP contribution in [0.15, 0.2) is 24.3 Å². The highest BCUT2D eigenvalue weighted by molar-refractivity contribution is 5.85. The van der Waals surface area contributed by atoms with E-state index in [9.17, 15) is 4.79 Å². The van der Waals surface area contributed by atoms with Gasteiger partial charge in [-0.3, -0.25) is 4.79 Å². The fourth-order valence-electron chi connectivity index (χ4n) is 2.94. The van der Waals surface area contributed by atoms with Crippen LogP contribution in [-0.4, -0.2) is 25.1 Å². The van der Waals surface area contributed by atoms with Crippen LogP contribution in [0.4, 0.5) is 0 Å². The molecule has 0 aliphatic carbocycles. The molecule has 4 nitrogen and oxygen atoms in total. The van der Waals surface area contributed by atoms with E-state index in [1.54, 1.807) is 7.11 Å². The molecule has 5 heteroatoms. The zero-order chi connectivity index (χ0) is 16.8. The minimum atomic E-state index is -0.342. The van der Waals surface area contributed by atoms with Crippen molar-refractivity contribution in [2.75, 3.05) is 13.7 Å². The first-order valence-electron chi connectivity index (χ1n) is 7.95. The van der Waals surface area contributed by atoms with Gasteiger partial charge in [0.05, 0.1) is 7.11 Å². The maximum absolute atomic E-state index is 12.4. The molecule has 0 aliphatic rings. The van der Waals surface area contributed by atoms with Gasteiger partial charge < -0.3 is 15.8 Å². The third-order valence-electron chi connectivity index (χ3n) is 3.91. The normalized spacial score (nSPS) is 14.6. The summed E-state index contributed by atoms with van der Waals surface area (Å²) in [6.07, 6.45) is 1.30. The number of hydrogen-bond donors (Lipinski definition) is 2. The summed E-state index contributed by atoms with van der Waals surface area (Å²) in [4.78, 5) is 12.4. The molecule has 23 heavy (non-hydrogen) atoms. The molecule has 1 rings (SSSR count). The Labute approximate surface area is 146 Å². The standard InChI is InChI=1S/C18H30N2O2.ClH/c1-13(2)11-18(4,12-19)20-17(21)10-14(3)15-8-6-7-9-16(15)22-5;/h6-9,13-14H,10-12,19H2,1-5H3,(H,20,21);1H. The first-order chi connectivity index (χ1) is 10.3. The molecule has 0 radical (unpaired) electrons. The molecule has 0 spiro atoms. The Kier molecular flexibility index (Phi) is 9.25. The van der Waals surface area contributed by atoms with Crippen LogP contribution in [0.3, 0.4) is 0 Å². The van der Waals surface area contributed by atoms with E-state index in [0.29, 0.717) is 18.9 Å². The number of hydrogen-bond acceptors (Lipinski definition) is 3. The number of carbonyl (C=O) groups excluding carboxylic acids is 1. The molecule has 0 aromatic heterocycles. The number of ether oxygens (including phenoxy) is 1. The van der Waals surface area contributed by atoms with Crippen molar-refractivity contribution < 1.29 is 9.53 Å². The molecule has 2 unspecified atom stereocenters. The minimum Gasteiger partial charge on any atom is -0.496 e. The van der Waals surface area contributed by atoms with Crippen molar-refractivity contribution in [3.05, 3.63) is 29.8 Å². The Morgan fingerprint density at radius 1 is 1.30 bits per heavy atom. The fraction of sp³-hybridized carbons (Fsp3) is 0.611. The van der Waals surface area contributed by atoms with Crippen molar-refractivity contribution in [3.63, 3.8) is 0 Å². The Hall–Kier alpha value is -1.26. The lowest BCUT2D eigenvalue weighted by molar-refractivity contribution is -0.123. The van der Waals surface area contributed by atoms with Crippen LogP contribution in [0.2, 0.25) is 0 Å². The molecule has 0 fully saturated rings. The molecule has 0 bridgehead atoms. The van der Waals surface area contributed by atoms with Crippen molar-refractivity contribution in [3.8, 4) is 5.75 Å². The monoisotopic (exact) mass is 342 g/mol. The van der Waals surface area contributed by atoms with Gasteiger partial charge in [-0.05, 0) is 36.8 Å². The molecule has 132 valence electrons. The molecular weight excluding hydrogens is 312 g/mol. The largest absolute Gasteiger partial charge is 0.496 e. The van der Waals surface area contributed by atoms with Gasteiger partial charge in [0.25, 0.3) is 0 Å². The van der Waals surface area contributed by atoms with Gasteiger partial charge in [-0.25, -0.2) is 0 Å². The number of nitrogens with two attached hydrogens (primary N) is 1. The Balaban J connectivity index is 0.00000484. The van der Waals surface area contributed by atoms with Gasteiger partial charge in [0, 0.05) is 18.5 Å².